The van der Waals surface area contributed by atoms with Gasteiger partial charge in [0.2, 0.25) is 0 Å². The summed E-state index contributed by atoms with van der Waals surface area (Å²) in [5.74, 6) is 0.747. The number of amides is 1. The molecule has 0 saturated carbocycles. The Bertz CT molecular complexity index is 565. The van der Waals surface area contributed by atoms with Crippen LogP contribution in [-0.2, 0) is 0 Å². The maximum atomic E-state index is 12.3. The van der Waals surface area contributed by atoms with E-state index in [-0.39, 0.29) is 5.91 Å². The van der Waals surface area contributed by atoms with Gasteiger partial charge < -0.3 is 19.7 Å². The number of piperidine rings is 1. The van der Waals surface area contributed by atoms with Gasteiger partial charge in [-0.1, -0.05) is 18.0 Å². The van der Waals surface area contributed by atoms with E-state index in [0.29, 0.717) is 34.7 Å². The molecular weight excluding hydrogens is 328 g/mol. The van der Waals surface area contributed by atoms with Gasteiger partial charge in [-0.2, -0.15) is 0 Å². The first-order chi connectivity index (χ1) is 11.6. The molecule has 2 rings (SSSR count). The molecule has 24 heavy (non-hydrogen) atoms. The van der Waals surface area contributed by atoms with Crippen molar-refractivity contribution in [3.63, 3.8) is 0 Å². The number of nitrogens with zero attached hydrogens (tertiary/aromatic N) is 1. The average molecular weight is 355 g/mol. The molecule has 5 nitrogen and oxygen atoms in total. The molecular formula is C18H27ClN2O3. The van der Waals surface area contributed by atoms with Crippen LogP contribution in [0, 0.1) is 0 Å². The van der Waals surface area contributed by atoms with Crippen LogP contribution in [0.3, 0.4) is 0 Å². The van der Waals surface area contributed by atoms with Crippen molar-refractivity contribution >= 4 is 17.5 Å². The molecule has 0 radical (unpaired) electrons. The average Bonchev–Trinajstić information content (AvgIpc) is 2.59. The number of benzene rings is 1. The molecule has 0 aromatic heterocycles. The van der Waals surface area contributed by atoms with E-state index in [9.17, 15) is 4.79 Å². The lowest BCUT2D eigenvalue weighted by atomic mass is 10.0. The Hall–Kier alpha value is -1.46. The SMILES string of the molecule is COc1cc(C(=O)NCCCN2CCCC[C@@H]2C)cc(Cl)c1OC. The molecule has 0 unspecified atom stereocenters. The van der Waals surface area contributed by atoms with Crippen molar-refractivity contribution in [1.29, 1.82) is 0 Å². The third kappa shape index (κ3) is 4.77. The predicted molar refractivity (Wildman–Crippen MR) is 96.4 cm³/mol. The number of likely N-dealkylation sites (tertiary alicyclic amines) is 1. The lowest BCUT2D eigenvalue weighted by molar-refractivity contribution is 0.0948. The molecule has 1 N–H and O–H groups in total. The predicted octanol–water partition coefficient (Wildman–Crippen LogP) is 3.35. The van der Waals surface area contributed by atoms with Gasteiger partial charge in [-0.15, -0.1) is 0 Å². The zero-order valence-electron chi connectivity index (χ0n) is 14.7. The van der Waals surface area contributed by atoms with E-state index >= 15 is 0 Å². The van der Waals surface area contributed by atoms with Gasteiger partial charge >= 0.3 is 0 Å². The second kappa shape index (κ2) is 9.14. The molecule has 134 valence electrons. The molecule has 1 aromatic carbocycles. The number of rotatable bonds is 7. The third-order valence-electron chi connectivity index (χ3n) is 4.54. The highest BCUT2D eigenvalue weighted by molar-refractivity contribution is 6.32. The number of methoxy groups -OCH3 is 2. The summed E-state index contributed by atoms with van der Waals surface area (Å²) in [4.78, 5) is 14.8. The first kappa shape index (κ1) is 18.9. The maximum absolute atomic E-state index is 12.3. The third-order valence-corrected chi connectivity index (χ3v) is 4.82. The maximum Gasteiger partial charge on any atom is 0.251 e. The number of halogens is 1. The van der Waals surface area contributed by atoms with E-state index in [2.05, 4.69) is 17.1 Å². The van der Waals surface area contributed by atoms with Crippen LogP contribution >= 0.6 is 11.6 Å². The van der Waals surface area contributed by atoms with Crippen LogP contribution in [-0.4, -0.2) is 50.7 Å². The largest absolute Gasteiger partial charge is 0.493 e. The minimum Gasteiger partial charge on any atom is -0.493 e. The van der Waals surface area contributed by atoms with Gasteiger partial charge in [0, 0.05) is 24.7 Å². The highest BCUT2D eigenvalue weighted by Gasteiger charge is 2.18. The molecule has 6 heteroatoms. The van der Waals surface area contributed by atoms with Crippen molar-refractivity contribution < 1.29 is 14.3 Å². The van der Waals surface area contributed by atoms with Crippen LogP contribution < -0.4 is 14.8 Å². The highest BCUT2D eigenvalue weighted by atomic mass is 35.5. The number of hydrogen-bond donors (Lipinski definition) is 1. The summed E-state index contributed by atoms with van der Waals surface area (Å²) in [5.41, 5.74) is 0.476. The van der Waals surface area contributed by atoms with Crippen LogP contribution in [0.25, 0.3) is 0 Å². The zero-order chi connectivity index (χ0) is 17.5. The summed E-state index contributed by atoms with van der Waals surface area (Å²) in [6, 6.07) is 3.90. The van der Waals surface area contributed by atoms with E-state index in [1.54, 1.807) is 12.1 Å². The molecule has 1 atom stereocenters. The van der Waals surface area contributed by atoms with Gasteiger partial charge in [0.25, 0.3) is 5.91 Å². The van der Waals surface area contributed by atoms with E-state index in [1.165, 1.54) is 40.0 Å². The van der Waals surface area contributed by atoms with Crippen molar-refractivity contribution in [2.24, 2.45) is 0 Å². The molecule has 1 saturated heterocycles. The number of nitrogens with one attached hydrogen (secondary N) is 1. The molecule has 1 aliphatic rings. The summed E-state index contributed by atoms with van der Waals surface area (Å²) in [6.07, 6.45) is 4.82. The smallest absolute Gasteiger partial charge is 0.251 e. The number of ether oxygens (including phenoxy) is 2. The summed E-state index contributed by atoms with van der Waals surface area (Å²) in [7, 11) is 3.04. The van der Waals surface area contributed by atoms with Gasteiger partial charge in [-0.05, 0) is 44.9 Å². The summed E-state index contributed by atoms with van der Waals surface area (Å²) in [5, 5.41) is 3.31. The Balaban J connectivity index is 1.85. The topological polar surface area (TPSA) is 50.8 Å². The van der Waals surface area contributed by atoms with Gasteiger partial charge in [-0.3, -0.25) is 4.79 Å². The molecule has 1 heterocycles. The number of carbonyl (C=O) groups is 1. The monoisotopic (exact) mass is 354 g/mol. The van der Waals surface area contributed by atoms with Crippen LogP contribution in [0.1, 0.15) is 43.0 Å². The number of carbonyl (C=O) groups excluding carboxylic acids is 1. The van der Waals surface area contributed by atoms with Gasteiger partial charge in [0.1, 0.15) is 0 Å². The first-order valence-corrected chi connectivity index (χ1v) is 8.88. The van der Waals surface area contributed by atoms with Crippen LogP contribution in [0.5, 0.6) is 11.5 Å². The Labute approximate surface area is 149 Å². The van der Waals surface area contributed by atoms with Crippen LogP contribution in [0.2, 0.25) is 5.02 Å². The zero-order valence-corrected chi connectivity index (χ0v) is 15.5. The Morgan fingerprint density at radius 3 is 2.79 bits per heavy atom. The fourth-order valence-corrected chi connectivity index (χ4v) is 3.41. The molecule has 1 fully saturated rings. The lowest BCUT2D eigenvalue weighted by Crippen LogP contribution is -2.39. The second-order valence-electron chi connectivity index (χ2n) is 6.18. The fourth-order valence-electron chi connectivity index (χ4n) is 3.12. The van der Waals surface area contributed by atoms with Gasteiger partial charge in [0.15, 0.2) is 11.5 Å². The lowest BCUT2D eigenvalue weighted by Gasteiger charge is -2.33. The van der Waals surface area contributed by atoms with Crippen molar-refractivity contribution in [3.05, 3.63) is 22.7 Å². The molecule has 1 amide bonds. The van der Waals surface area contributed by atoms with E-state index in [0.717, 1.165) is 13.0 Å². The molecule has 0 aliphatic carbocycles. The van der Waals surface area contributed by atoms with Crippen LogP contribution in [0.4, 0.5) is 0 Å². The summed E-state index contributed by atoms with van der Waals surface area (Å²) >= 11 is 6.14. The van der Waals surface area contributed by atoms with Crippen LogP contribution in [0.15, 0.2) is 12.1 Å². The van der Waals surface area contributed by atoms with Gasteiger partial charge in [0.05, 0.1) is 19.2 Å². The second-order valence-corrected chi connectivity index (χ2v) is 6.59. The van der Waals surface area contributed by atoms with Gasteiger partial charge in [-0.25, -0.2) is 0 Å². The molecule has 0 spiro atoms. The first-order valence-electron chi connectivity index (χ1n) is 8.50. The summed E-state index contributed by atoms with van der Waals surface area (Å²) in [6.45, 7) is 5.12. The van der Waals surface area contributed by atoms with Crippen molar-refractivity contribution in [1.82, 2.24) is 10.2 Å². The minimum absolute atomic E-state index is 0.149. The quantitative estimate of drug-likeness (QED) is 0.763. The Morgan fingerprint density at radius 2 is 2.12 bits per heavy atom. The molecule has 1 aliphatic heterocycles. The van der Waals surface area contributed by atoms with E-state index in [4.69, 9.17) is 21.1 Å². The normalized spacial score (nSPS) is 18.2. The standard InChI is InChI=1S/C18H27ClN2O3/c1-13-7-4-5-9-21(13)10-6-8-20-18(22)14-11-15(19)17(24-3)16(12-14)23-2/h11-13H,4-10H2,1-3H3,(H,20,22)/t13-/m0/s1. The van der Waals surface area contributed by atoms with E-state index < -0.39 is 0 Å². The Kier molecular flexibility index (Phi) is 7.18. The van der Waals surface area contributed by atoms with Crippen molar-refractivity contribution in [3.8, 4) is 11.5 Å². The van der Waals surface area contributed by atoms with Crippen molar-refractivity contribution in [2.45, 2.75) is 38.6 Å². The Morgan fingerprint density at radius 1 is 1.33 bits per heavy atom. The van der Waals surface area contributed by atoms with Crippen molar-refractivity contribution in [2.75, 3.05) is 33.9 Å². The minimum atomic E-state index is -0.149. The molecule has 0 bridgehead atoms. The highest BCUT2D eigenvalue weighted by Crippen LogP contribution is 2.35. The fraction of sp³-hybridized carbons (Fsp3) is 0.611. The van der Waals surface area contributed by atoms with E-state index in [1.807, 2.05) is 0 Å². The molecule has 1 aromatic rings. The summed E-state index contributed by atoms with van der Waals surface area (Å²) < 4.78 is 10.4. The number of hydrogen-bond acceptors (Lipinski definition) is 4.